The Morgan fingerprint density at radius 1 is 1.46 bits per heavy atom. The van der Waals surface area contributed by atoms with Gasteiger partial charge in [-0.25, -0.2) is 0 Å². The summed E-state index contributed by atoms with van der Waals surface area (Å²) in [5.41, 5.74) is 5.48. The first-order valence-electron chi connectivity index (χ1n) is 3.92. The minimum Gasteiger partial charge on any atom is -0.456 e. The van der Waals surface area contributed by atoms with E-state index in [9.17, 15) is 0 Å². The van der Waals surface area contributed by atoms with Crippen LogP contribution in [0.2, 0.25) is 0 Å². The molecule has 0 saturated heterocycles. The highest BCUT2D eigenvalue weighted by Crippen LogP contribution is 2.20. The lowest BCUT2D eigenvalue weighted by atomic mass is 10.3. The second-order valence-corrected chi connectivity index (χ2v) is 3.38. The number of aliphatic hydroxyl groups excluding tert-OH is 1. The van der Waals surface area contributed by atoms with E-state index in [0.29, 0.717) is 5.75 Å². The first kappa shape index (κ1) is 10.3. The number of halogens is 1. The fraction of sp³-hybridized carbons (Fsp3) is 0.333. The molecule has 0 aliphatic carbocycles. The Kier molecular flexibility index (Phi) is 3.14. The van der Waals surface area contributed by atoms with Crippen LogP contribution in [0.1, 0.15) is 6.92 Å². The van der Waals surface area contributed by atoms with Gasteiger partial charge in [-0.3, -0.25) is 5.73 Å². The number of rotatable bonds is 3. The SMILES string of the molecule is CC(O)C(N)(Cl)Oc1ccccc1. The first-order valence-corrected chi connectivity index (χ1v) is 4.30. The molecule has 3 N–H and O–H groups in total. The van der Waals surface area contributed by atoms with Crippen molar-refractivity contribution in [2.45, 2.75) is 18.2 Å². The lowest BCUT2D eigenvalue weighted by Gasteiger charge is -2.25. The summed E-state index contributed by atoms with van der Waals surface area (Å²) in [6, 6.07) is 8.87. The normalized spacial score (nSPS) is 17.5. The molecule has 1 aromatic carbocycles. The molecule has 0 amide bonds. The Bertz CT molecular complexity index is 262. The molecule has 0 saturated carbocycles. The van der Waals surface area contributed by atoms with E-state index in [1.54, 1.807) is 24.3 Å². The summed E-state index contributed by atoms with van der Waals surface area (Å²) in [4.78, 5) is 0. The highest BCUT2D eigenvalue weighted by molar-refractivity contribution is 6.23. The molecule has 4 heteroatoms. The third-order valence-electron chi connectivity index (χ3n) is 1.59. The summed E-state index contributed by atoms with van der Waals surface area (Å²) in [5, 5.41) is 7.59. The van der Waals surface area contributed by atoms with Gasteiger partial charge in [0.2, 0.25) is 0 Å². The maximum atomic E-state index is 9.16. The second kappa shape index (κ2) is 3.96. The molecule has 2 atom stereocenters. The van der Waals surface area contributed by atoms with Crippen LogP contribution in [0.25, 0.3) is 0 Å². The van der Waals surface area contributed by atoms with Gasteiger partial charge in [-0.1, -0.05) is 29.8 Å². The molecule has 0 aliphatic rings. The Morgan fingerprint density at radius 3 is 2.46 bits per heavy atom. The molecule has 0 spiro atoms. The van der Waals surface area contributed by atoms with Crippen LogP contribution >= 0.6 is 11.6 Å². The number of hydrogen-bond acceptors (Lipinski definition) is 3. The number of nitrogens with two attached hydrogens (primary N) is 1. The van der Waals surface area contributed by atoms with Crippen LogP contribution in [0.4, 0.5) is 0 Å². The minimum absolute atomic E-state index is 0.529. The predicted octanol–water partition coefficient (Wildman–Crippen LogP) is 1.30. The largest absolute Gasteiger partial charge is 0.456 e. The zero-order valence-electron chi connectivity index (χ0n) is 7.27. The van der Waals surface area contributed by atoms with Crippen molar-refractivity contribution in [1.82, 2.24) is 0 Å². The van der Waals surface area contributed by atoms with Crippen LogP contribution < -0.4 is 10.5 Å². The van der Waals surface area contributed by atoms with E-state index in [0.717, 1.165) is 0 Å². The van der Waals surface area contributed by atoms with E-state index in [1.165, 1.54) is 6.92 Å². The molecule has 0 heterocycles. The van der Waals surface area contributed by atoms with Crippen molar-refractivity contribution in [3.05, 3.63) is 30.3 Å². The summed E-state index contributed by atoms with van der Waals surface area (Å²) in [5.74, 6) is 0.529. The average molecular weight is 202 g/mol. The standard InChI is InChI=1S/C9H12ClNO2/c1-7(12)9(10,11)13-8-5-3-2-4-6-8/h2-7,12H,11H2,1H3. The number of hydrogen-bond donors (Lipinski definition) is 2. The topological polar surface area (TPSA) is 55.5 Å². The molecule has 72 valence electrons. The molecule has 13 heavy (non-hydrogen) atoms. The second-order valence-electron chi connectivity index (χ2n) is 2.79. The summed E-state index contributed by atoms with van der Waals surface area (Å²) in [7, 11) is 0. The molecular weight excluding hydrogens is 190 g/mol. The molecule has 0 aliphatic heterocycles. The van der Waals surface area contributed by atoms with Gasteiger partial charge in [-0.2, -0.15) is 0 Å². The third kappa shape index (κ3) is 2.88. The van der Waals surface area contributed by atoms with Gasteiger partial charge in [0.15, 0.2) is 0 Å². The first-order chi connectivity index (χ1) is 6.02. The molecule has 0 bridgehead atoms. The lowest BCUT2D eigenvalue weighted by Crippen LogP contribution is -2.49. The van der Waals surface area contributed by atoms with Crippen LogP contribution in [0, 0.1) is 0 Å². The molecule has 2 unspecified atom stereocenters. The van der Waals surface area contributed by atoms with Crippen molar-refractivity contribution < 1.29 is 9.84 Å². The molecule has 1 rings (SSSR count). The summed E-state index contributed by atoms with van der Waals surface area (Å²) in [6.07, 6.45) is -0.950. The van der Waals surface area contributed by atoms with Crippen molar-refractivity contribution in [1.29, 1.82) is 0 Å². The summed E-state index contributed by atoms with van der Waals surface area (Å²) in [6.45, 7) is 1.47. The summed E-state index contributed by atoms with van der Waals surface area (Å²) >= 11 is 5.71. The quantitative estimate of drug-likeness (QED) is 0.440. The van der Waals surface area contributed by atoms with Gasteiger partial charge in [0.25, 0.3) is 5.18 Å². The average Bonchev–Trinajstić information content (AvgIpc) is 2.05. The van der Waals surface area contributed by atoms with Gasteiger partial charge < -0.3 is 9.84 Å². The van der Waals surface area contributed by atoms with Gasteiger partial charge >= 0.3 is 0 Å². The fourth-order valence-electron chi connectivity index (χ4n) is 0.754. The van der Waals surface area contributed by atoms with E-state index in [2.05, 4.69) is 0 Å². The molecule has 0 radical (unpaired) electrons. The highest BCUT2D eigenvalue weighted by atomic mass is 35.5. The maximum absolute atomic E-state index is 9.16. The number of aliphatic hydroxyl groups is 1. The van der Waals surface area contributed by atoms with Gasteiger partial charge in [-0.15, -0.1) is 0 Å². The maximum Gasteiger partial charge on any atom is 0.261 e. The Hall–Kier alpha value is -0.770. The van der Waals surface area contributed by atoms with Crippen molar-refractivity contribution in [3.63, 3.8) is 0 Å². The van der Waals surface area contributed by atoms with Crippen molar-refractivity contribution >= 4 is 11.6 Å². The number of ether oxygens (including phenoxy) is 1. The van der Waals surface area contributed by atoms with Crippen LogP contribution in [-0.2, 0) is 0 Å². The number of benzene rings is 1. The van der Waals surface area contributed by atoms with Crippen molar-refractivity contribution in [3.8, 4) is 5.75 Å². The zero-order valence-corrected chi connectivity index (χ0v) is 8.03. The smallest absolute Gasteiger partial charge is 0.261 e. The van der Waals surface area contributed by atoms with E-state index >= 15 is 0 Å². The van der Waals surface area contributed by atoms with Gasteiger partial charge in [-0.05, 0) is 19.1 Å². The Labute approximate surface area is 82.1 Å². The zero-order chi connectivity index (χ0) is 9.90. The minimum atomic E-state index is -1.57. The fourth-order valence-corrected chi connectivity index (χ4v) is 0.844. The van der Waals surface area contributed by atoms with Gasteiger partial charge in [0.1, 0.15) is 11.9 Å². The van der Waals surface area contributed by atoms with Gasteiger partial charge in [0.05, 0.1) is 0 Å². The lowest BCUT2D eigenvalue weighted by molar-refractivity contribution is 0.0212. The molecule has 1 aromatic rings. The highest BCUT2D eigenvalue weighted by Gasteiger charge is 2.30. The Morgan fingerprint density at radius 2 is 2.00 bits per heavy atom. The van der Waals surface area contributed by atoms with Gasteiger partial charge in [0, 0.05) is 0 Å². The van der Waals surface area contributed by atoms with Crippen molar-refractivity contribution in [2.24, 2.45) is 5.73 Å². The molecular formula is C9H12ClNO2. The Balaban J connectivity index is 2.69. The summed E-state index contributed by atoms with van der Waals surface area (Å²) < 4.78 is 5.16. The number of para-hydroxylation sites is 1. The third-order valence-corrected chi connectivity index (χ3v) is 1.98. The van der Waals surface area contributed by atoms with E-state index < -0.39 is 11.3 Å². The predicted molar refractivity (Wildman–Crippen MR) is 51.5 cm³/mol. The monoisotopic (exact) mass is 201 g/mol. The van der Waals surface area contributed by atoms with Crippen LogP contribution in [0.5, 0.6) is 5.75 Å². The van der Waals surface area contributed by atoms with E-state index in [1.807, 2.05) is 6.07 Å². The van der Waals surface area contributed by atoms with Crippen molar-refractivity contribution in [2.75, 3.05) is 0 Å². The van der Waals surface area contributed by atoms with E-state index in [4.69, 9.17) is 27.2 Å². The number of alkyl halides is 1. The molecule has 0 fully saturated rings. The molecule has 3 nitrogen and oxygen atoms in total. The molecule has 0 aromatic heterocycles. The van der Waals surface area contributed by atoms with Crippen LogP contribution in [-0.4, -0.2) is 16.4 Å². The van der Waals surface area contributed by atoms with Crippen LogP contribution in [0.3, 0.4) is 0 Å². The van der Waals surface area contributed by atoms with E-state index in [-0.39, 0.29) is 0 Å². The van der Waals surface area contributed by atoms with Crippen LogP contribution in [0.15, 0.2) is 30.3 Å².